The molecule has 5 nitrogen and oxygen atoms in total. The van der Waals surface area contributed by atoms with Gasteiger partial charge in [0.1, 0.15) is 11.4 Å². The van der Waals surface area contributed by atoms with Gasteiger partial charge in [-0.25, -0.2) is 4.98 Å². The summed E-state index contributed by atoms with van der Waals surface area (Å²) in [6, 6.07) is 1.92. The molecular weight excluding hydrogens is 250 g/mol. The normalized spacial score (nSPS) is 17.4. The zero-order valence-corrected chi connectivity index (χ0v) is 11.0. The fraction of sp³-hybridized carbons (Fsp3) is 0.500. The van der Waals surface area contributed by atoms with E-state index in [4.69, 9.17) is 4.74 Å². The van der Waals surface area contributed by atoms with Crippen molar-refractivity contribution in [3.63, 3.8) is 0 Å². The first-order chi connectivity index (χ1) is 8.71. The lowest BCUT2D eigenvalue weighted by molar-refractivity contribution is -0.0492. The predicted molar refractivity (Wildman–Crippen MR) is 67.7 cm³/mol. The topological polar surface area (TPSA) is 60.2 Å². The molecule has 2 aromatic heterocycles. The van der Waals surface area contributed by atoms with Crippen LogP contribution in [0.4, 0.5) is 0 Å². The fourth-order valence-electron chi connectivity index (χ4n) is 2.21. The number of ether oxygens (including phenoxy) is 1. The highest BCUT2D eigenvalue weighted by Crippen LogP contribution is 2.40. The van der Waals surface area contributed by atoms with E-state index < -0.39 is 5.60 Å². The smallest absolute Gasteiger partial charge is 0.225 e. The quantitative estimate of drug-likeness (QED) is 0.915. The molecule has 1 fully saturated rings. The van der Waals surface area contributed by atoms with E-state index in [0.29, 0.717) is 12.4 Å². The third-order valence-electron chi connectivity index (χ3n) is 3.39. The zero-order valence-electron chi connectivity index (χ0n) is 10.2. The molecule has 0 amide bonds. The Balaban J connectivity index is 1.82. The van der Waals surface area contributed by atoms with E-state index >= 15 is 0 Å². The lowest BCUT2D eigenvalue weighted by atomic mass is 9.79. The molecule has 0 saturated heterocycles. The van der Waals surface area contributed by atoms with Crippen LogP contribution in [0.3, 0.4) is 0 Å². The van der Waals surface area contributed by atoms with Crippen LogP contribution in [0.2, 0.25) is 0 Å². The van der Waals surface area contributed by atoms with Crippen LogP contribution in [0, 0.1) is 0 Å². The maximum Gasteiger partial charge on any atom is 0.225 e. The second-order valence-corrected chi connectivity index (χ2v) is 5.49. The second-order valence-electron chi connectivity index (χ2n) is 4.60. The highest BCUT2D eigenvalue weighted by Gasteiger charge is 2.39. The molecule has 0 bridgehead atoms. The molecule has 3 rings (SSSR count). The van der Waals surface area contributed by atoms with Gasteiger partial charge in [0.05, 0.1) is 13.7 Å². The van der Waals surface area contributed by atoms with Gasteiger partial charge < -0.3 is 14.4 Å². The molecule has 0 aromatic carbocycles. The number of hydrogen-bond acceptors (Lipinski definition) is 5. The molecule has 0 unspecified atom stereocenters. The number of methoxy groups -OCH3 is 1. The summed E-state index contributed by atoms with van der Waals surface area (Å²) in [5.74, 6) is 1.40. The summed E-state index contributed by atoms with van der Waals surface area (Å²) in [5, 5.41) is 10.4. The maximum atomic E-state index is 10.4. The number of rotatable bonds is 4. The average Bonchev–Trinajstić information content (AvgIpc) is 2.96. The van der Waals surface area contributed by atoms with Crippen molar-refractivity contribution < 1.29 is 9.84 Å². The van der Waals surface area contributed by atoms with Gasteiger partial charge in [0.15, 0.2) is 0 Å². The van der Waals surface area contributed by atoms with Crippen LogP contribution in [-0.4, -0.2) is 26.1 Å². The lowest BCUT2D eigenvalue weighted by Crippen LogP contribution is -2.36. The molecule has 0 aliphatic heterocycles. The van der Waals surface area contributed by atoms with Crippen LogP contribution in [0.25, 0.3) is 0 Å². The van der Waals surface area contributed by atoms with Crippen LogP contribution in [0.5, 0.6) is 5.88 Å². The molecule has 1 N–H and O–H groups in total. The van der Waals surface area contributed by atoms with E-state index in [1.807, 2.05) is 16.8 Å². The molecule has 1 aliphatic carbocycles. The van der Waals surface area contributed by atoms with Gasteiger partial charge in [0.25, 0.3) is 0 Å². The maximum absolute atomic E-state index is 10.4. The van der Waals surface area contributed by atoms with Gasteiger partial charge in [-0.05, 0) is 30.8 Å². The van der Waals surface area contributed by atoms with Crippen molar-refractivity contribution in [1.82, 2.24) is 13.9 Å². The van der Waals surface area contributed by atoms with E-state index in [1.54, 1.807) is 13.3 Å². The van der Waals surface area contributed by atoms with Gasteiger partial charge in [0.2, 0.25) is 5.88 Å². The molecule has 6 heteroatoms. The summed E-state index contributed by atoms with van der Waals surface area (Å²) in [7, 11) is 1.61. The average molecular weight is 265 g/mol. The van der Waals surface area contributed by atoms with Gasteiger partial charge in [-0.15, -0.1) is 0 Å². The molecule has 2 heterocycles. The first-order valence-electron chi connectivity index (χ1n) is 5.95. The van der Waals surface area contributed by atoms with E-state index in [1.165, 1.54) is 11.5 Å². The molecule has 0 spiro atoms. The van der Waals surface area contributed by atoms with E-state index in [0.717, 1.165) is 30.0 Å². The van der Waals surface area contributed by atoms with Crippen molar-refractivity contribution in [2.75, 3.05) is 7.11 Å². The fourth-order valence-corrected chi connectivity index (χ4v) is 2.90. The van der Waals surface area contributed by atoms with Crippen LogP contribution >= 0.6 is 11.5 Å². The second kappa shape index (κ2) is 4.37. The Morgan fingerprint density at radius 1 is 1.56 bits per heavy atom. The van der Waals surface area contributed by atoms with E-state index in [9.17, 15) is 5.11 Å². The standard InChI is InChI=1S/C12H15N3O2S/c1-17-10-7-9(18-14-10)8-15-6-5-13-11(15)12(16)3-2-4-12/h5-7,16H,2-4,8H2,1H3. The van der Waals surface area contributed by atoms with Crippen molar-refractivity contribution in [1.29, 1.82) is 0 Å². The van der Waals surface area contributed by atoms with Crippen LogP contribution in [-0.2, 0) is 12.1 Å². The molecule has 2 aromatic rings. The Bertz CT molecular complexity index is 545. The number of hydrogen-bond donors (Lipinski definition) is 1. The zero-order chi connectivity index (χ0) is 12.6. The predicted octanol–water partition coefficient (Wildman–Crippen LogP) is 1.77. The SMILES string of the molecule is COc1cc(Cn2ccnc2C2(O)CCC2)sn1. The van der Waals surface area contributed by atoms with Crippen molar-refractivity contribution in [3.8, 4) is 5.88 Å². The highest BCUT2D eigenvalue weighted by atomic mass is 32.1. The Hall–Kier alpha value is -1.40. The van der Waals surface area contributed by atoms with Crippen molar-refractivity contribution in [2.24, 2.45) is 0 Å². The van der Waals surface area contributed by atoms with Gasteiger partial charge in [-0.2, -0.15) is 4.37 Å². The minimum Gasteiger partial charge on any atom is -0.480 e. The summed E-state index contributed by atoms with van der Waals surface area (Å²) in [6.45, 7) is 0.679. The van der Waals surface area contributed by atoms with Crippen molar-refractivity contribution >= 4 is 11.5 Å². The molecule has 1 aliphatic rings. The highest BCUT2D eigenvalue weighted by molar-refractivity contribution is 7.05. The number of nitrogens with zero attached hydrogens (tertiary/aromatic N) is 3. The Labute approximate surface area is 109 Å². The summed E-state index contributed by atoms with van der Waals surface area (Å²) in [6.07, 6.45) is 6.31. The molecule has 0 atom stereocenters. The molecular formula is C12H15N3O2S. The largest absolute Gasteiger partial charge is 0.480 e. The summed E-state index contributed by atoms with van der Waals surface area (Å²) >= 11 is 1.41. The van der Waals surface area contributed by atoms with Crippen molar-refractivity contribution in [2.45, 2.75) is 31.4 Å². The first-order valence-corrected chi connectivity index (χ1v) is 6.72. The third-order valence-corrected chi connectivity index (χ3v) is 4.14. The monoisotopic (exact) mass is 265 g/mol. The van der Waals surface area contributed by atoms with Crippen molar-refractivity contribution in [3.05, 3.63) is 29.2 Å². The number of imidazole rings is 1. The first kappa shape index (κ1) is 11.7. The molecule has 0 radical (unpaired) electrons. The summed E-state index contributed by atoms with van der Waals surface area (Å²) < 4.78 is 11.2. The molecule has 18 heavy (non-hydrogen) atoms. The Kier molecular flexibility index (Phi) is 2.83. The van der Waals surface area contributed by atoms with Crippen LogP contribution in [0.15, 0.2) is 18.5 Å². The third kappa shape index (κ3) is 1.91. The van der Waals surface area contributed by atoms with Crippen LogP contribution < -0.4 is 4.74 Å². The lowest BCUT2D eigenvalue weighted by Gasteiger charge is -2.36. The minimum absolute atomic E-state index is 0.638. The Morgan fingerprint density at radius 3 is 3.00 bits per heavy atom. The van der Waals surface area contributed by atoms with Gasteiger partial charge in [-0.3, -0.25) is 0 Å². The van der Waals surface area contributed by atoms with Gasteiger partial charge in [0, 0.05) is 23.3 Å². The molecule has 1 saturated carbocycles. The van der Waals surface area contributed by atoms with Gasteiger partial charge >= 0.3 is 0 Å². The van der Waals surface area contributed by atoms with Crippen LogP contribution in [0.1, 0.15) is 30.0 Å². The van der Waals surface area contributed by atoms with Gasteiger partial charge in [-0.1, -0.05) is 0 Å². The number of aliphatic hydroxyl groups is 1. The minimum atomic E-state index is -0.724. The summed E-state index contributed by atoms with van der Waals surface area (Å²) in [5.41, 5.74) is -0.724. The number of aromatic nitrogens is 3. The summed E-state index contributed by atoms with van der Waals surface area (Å²) in [4.78, 5) is 5.39. The Morgan fingerprint density at radius 2 is 2.39 bits per heavy atom. The van der Waals surface area contributed by atoms with E-state index in [-0.39, 0.29) is 0 Å². The molecule has 96 valence electrons. The van der Waals surface area contributed by atoms with E-state index in [2.05, 4.69) is 9.36 Å².